The van der Waals surface area contributed by atoms with Crippen LogP contribution in [0, 0.1) is 5.82 Å². The highest BCUT2D eigenvalue weighted by molar-refractivity contribution is 5.83. The van der Waals surface area contributed by atoms with Crippen molar-refractivity contribution in [3.05, 3.63) is 84.3 Å². The molecule has 7 nitrogen and oxygen atoms in total. The van der Waals surface area contributed by atoms with Crippen molar-refractivity contribution in [1.82, 2.24) is 20.4 Å². The van der Waals surface area contributed by atoms with Crippen LogP contribution in [0.15, 0.2) is 72.9 Å². The smallest absolute Gasteiger partial charge is 0.237 e. The normalized spacial score (nSPS) is 17.0. The second-order valence-corrected chi connectivity index (χ2v) is 9.01. The van der Waals surface area contributed by atoms with Gasteiger partial charge in [0, 0.05) is 5.39 Å². The summed E-state index contributed by atoms with van der Waals surface area (Å²) in [5, 5.41) is 11.7. The highest BCUT2D eigenvalue weighted by Crippen LogP contribution is 2.30. The van der Waals surface area contributed by atoms with Crippen molar-refractivity contribution in [2.24, 2.45) is 0 Å². The van der Waals surface area contributed by atoms with Crippen molar-refractivity contribution in [2.45, 2.75) is 38.0 Å². The summed E-state index contributed by atoms with van der Waals surface area (Å²) >= 11 is 0. The van der Waals surface area contributed by atoms with Crippen molar-refractivity contribution in [1.29, 1.82) is 0 Å². The molecule has 0 bridgehead atoms. The molecule has 2 heterocycles. The number of hydrogen-bond donors (Lipinski definition) is 2. The maximum atomic E-state index is 13.4. The summed E-state index contributed by atoms with van der Waals surface area (Å²) in [6, 6.07) is 19.1. The predicted octanol–water partition coefficient (Wildman–Crippen LogP) is 4.55. The highest BCUT2D eigenvalue weighted by Gasteiger charge is 2.28. The summed E-state index contributed by atoms with van der Waals surface area (Å²) in [4.78, 5) is 12.8. The van der Waals surface area contributed by atoms with Crippen LogP contribution in [-0.4, -0.2) is 41.4 Å². The van der Waals surface area contributed by atoms with Crippen molar-refractivity contribution in [3.63, 3.8) is 0 Å². The van der Waals surface area contributed by atoms with Gasteiger partial charge >= 0.3 is 0 Å². The Balaban J connectivity index is 1.42. The molecule has 0 radical (unpaired) electrons. The number of nitrogens with zero attached hydrogens (tertiary/aromatic N) is 2. The molecule has 0 spiro atoms. The number of aromatic nitrogens is 2. The molecule has 1 aliphatic heterocycles. The fraction of sp³-hybridized carbons (Fsp3) is 0.286. The zero-order valence-electron chi connectivity index (χ0n) is 20.3. The van der Waals surface area contributed by atoms with Crippen LogP contribution >= 0.6 is 0 Å². The summed E-state index contributed by atoms with van der Waals surface area (Å²) < 4.78 is 27.0. The van der Waals surface area contributed by atoms with E-state index in [4.69, 9.17) is 9.47 Å². The average Bonchev–Trinajstić information content (AvgIpc) is 3.58. The van der Waals surface area contributed by atoms with Crippen LogP contribution in [0.5, 0.6) is 11.5 Å². The number of hydrogen-bond acceptors (Lipinski definition) is 5. The minimum Gasteiger partial charge on any atom is -0.497 e. The number of amides is 1. The summed E-state index contributed by atoms with van der Waals surface area (Å²) in [6.45, 7) is 2.80. The van der Waals surface area contributed by atoms with Crippen LogP contribution in [0.4, 0.5) is 4.39 Å². The van der Waals surface area contributed by atoms with Crippen LogP contribution in [0.3, 0.4) is 0 Å². The standard InChI is InChI=1S/C28H29FN4O3/c1-18(32-28(34)25-7-4-14-30-25)27(19-5-3-6-23(15-19)35-2)36-24-12-13-26-20(16-24)17-31-33(26)22-10-8-21(29)9-11-22/h3,5-6,8-13,15-18,25,27,30H,4,7,14H2,1-2H3,(H,32,34)/t18-,25?,27-/m0/s1. The minimum atomic E-state index is -0.449. The van der Waals surface area contributed by atoms with Crippen LogP contribution < -0.4 is 20.1 Å². The monoisotopic (exact) mass is 488 g/mol. The van der Waals surface area contributed by atoms with E-state index in [0.717, 1.165) is 41.5 Å². The molecule has 1 unspecified atom stereocenters. The molecule has 0 saturated carbocycles. The van der Waals surface area contributed by atoms with E-state index < -0.39 is 6.10 Å². The molecule has 8 heteroatoms. The lowest BCUT2D eigenvalue weighted by Gasteiger charge is -2.28. The lowest BCUT2D eigenvalue weighted by Crippen LogP contribution is -2.47. The largest absolute Gasteiger partial charge is 0.497 e. The molecular weight excluding hydrogens is 459 g/mol. The Morgan fingerprint density at radius 1 is 1.14 bits per heavy atom. The molecule has 3 aromatic carbocycles. The molecule has 186 valence electrons. The first-order valence-corrected chi connectivity index (χ1v) is 12.1. The van der Waals surface area contributed by atoms with Gasteiger partial charge in [0.05, 0.1) is 36.6 Å². The average molecular weight is 489 g/mol. The first-order chi connectivity index (χ1) is 17.5. The predicted molar refractivity (Wildman–Crippen MR) is 136 cm³/mol. The van der Waals surface area contributed by atoms with E-state index in [1.165, 1.54) is 12.1 Å². The van der Waals surface area contributed by atoms with Gasteiger partial charge in [0.25, 0.3) is 0 Å². The fourth-order valence-corrected chi connectivity index (χ4v) is 4.61. The molecule has 5 rings (SSSR count). The topological polar surface area (TPSA) is 77.4 Å². The lowest BCUT2D eigenvalue weighted by atomic mass is 10.0. The van der Waals surface area contributed by atoms with Gasteiger partial charge in [0.15, 0.2) is 0 Å². The molecule has 1 aliphatic rings. The molecule has 2 N–H and O–H groups in total. The molecule has 1 aromatic heterocycles. The third-order valence-corrected chi connectivity index (χ3v) is 6.50. The number of fused-ring (bicyclic) bond motifs is 1. The number of halogens is 1. The number of methoxy groups -OCH3 is 1. The van der Waals surface area contributed by atoms with Crippen LogP contribution in [-0.2, 0) is 4.79 Å². The Morgan fingerprint density at radius 3 is 2.72 bits per heavy atom. The Hall–Kier alpha value is -3.91. The van der Waals surface area contributed by atoms with Gasteiger partial charge in [-0.15, -0.1) is 0 Å². The molecule has 0 aliphatic carbocycles. The molecular formula is C28H29FN4O3. The van der Waals surface area contributed by atoms with Gasteiger partial charge < -0.3 is 20.1 Å². The molecule has 3 atom stereocenters. The van der Waals surface area contributed by atoms with Gasteiger partial charge in [-0.1, -0.05) is 12.1 Å². The second-order valence-electron chi connectivity index (χ2n) is 9.01. The summed E-state index contributed by atoms with van der Waals surface area (Å²) in [7, 11) is 1.62. The van der Waals surface area contributed by atoms with E-state index in [2.05, 4.69) is 15.7 Å². The first kappa shape index (κ1) is 23.8. The maximum Gasteiger partial charge on any atom is 0.237 e. The van der Waals surface area contributed by atoms with Crippen LogP contribution in [0.1, 0.15) is 31.4 Å². The molecule has 4 aromatic rings. The number of ether oxygens (including phenoxy) is 2. The fourth-order valence-electron chi connectivity index (χ4n) is 4.61. The van der Waals surface area contributed by atoms with Gasteiger partial charge in [-0.05, 0) is 86.5 Å². The number of nitrogens with one attached hydrogen (secondary N) is 2. The van der Waals surface area contributed by atoms with Crippen molar-refractivity contribution < 1.29 is 18.7 Å². The molecule has 36 heavy (non-hydrogen) atoms. The second kappa shape index (κ2) is 10.4. The van der Waals surface area contributed by atoms with E-state index >= 15 is 0 Å². The first-order valence-electron chi connectivity index (χ1n) is 12.1. The van der Waals surface area contributed by atoms with E-state index in [0.29, 0.717) is 11.5 Å². The third-order valence-electron chi connectivity index (χ3n) is 6.50. The Morgan fingerprint density at radius 2 is 1.97 bits per heavy atom. The third kappa shape index (κ3) is 5.04. The Labute approximate surface area is 209 Å². The zero-order chi connectivity index (χ0) is 25.1. The number of carbonyl (C=O) groups excluding carboxylic acids is 1. The minimum absolute atomic E-state index is 0.0208. The SMILES string of the molecule is COc1cccc([C@@H](Oc2ccc3c(cnn3-c3ccc(F)cc3)c2)[C@H](C)NC(=O)C2CCCN2)c1. The van der Waals surface area contributed by atoms with Gasteiger partial charge in [-0.3, -0.25) is 4.79 Å². The number of rotatable bonds is 8. The number of benzene rings is 3. The summed E-state index contributed by atoms with van der Waals surface area (Å²) in [5.74, 6) is 1.05. The molecule has 1 fully saturated rings. The van der Waals surface area contributed by atoms with E-state index in [1.54, 1.807) is 30.1 Å². The van der Waals surface area contributed by atoms with E-state index in [-0.39, 0.29) is 23.8 Å². The van der Waals surface area contributed by atoms with Crippen molar-refractivity contribution >= 4 is 16.8 Å². The zero-order valence-corrected chi connectivity index (χ0v) is 20.3. The van der Waals surface area contributed by atoms with E-state index in [1.807, 2.05) is 49.4 Å². The van der Waals surface area contributed by atoms with Crippen LogP contribution in [0.2, 0.25) is 0 Å². The molecule has 1 amide bonds. The van der Waals surface area contributed by atoms with Crippen molar-refractivity contribution in [3.8, 4) is 17.2 Å². The van der Waals surface area contributed by atoms with Gasteiger partial charge in [-0.2, -0.15) is 5.10 Å². The Kier molecular flexibility index (Phi) is 6.86. The summed E-state index contributed by atoms with van der Waals surface area (Å²) in [6.07, 6.45) is 3.13. The Bertz CT molecular complexity index is 1350. The molecule has 1 saturated heterocycles. The van der Waals surface area contributed by atoms with Gasteiger partial charge in [0.2, 0.25) is 5.91 Å². The summed E-state index contributed by atoms with van der Waals surface area (Å²) in [5.41, 5.74) is 2.54. The van der Waals surface area contributed by atoms with Crippen molar-refractivity contribution in [2.75, 3.05) is 13.7 Å². The number of carbonyl (C=O) groups is 1. The highest BCUT2D eigenvalue weighted by atomic mass is 19.1. The van der Waals surface area contributed by atoms with Gasteiger partial charge in [-0.25, -0.2) is 9.07 Å². The maximum absolute atomic E-state index is 13.4. The van der Waals surface area contributed by atoms with Crippen LogP contribution in [0.25, 0.3) is 16.6 Å². The quantitative estimate of drug-likeness (QED) is 0.381. The van der Waals surface area contributed by atoms with E-state index in [9.17, 15) is 9.18 Å². The lowest BCUT2D eigenvalue weighted by molar-refractivity contribution is -0.124. The van der Waals surface area contributed by atoms with Gasteiger partial charge in [0.1, 0.15) is 23.4 Å².